The van der Waals surface area contributed by atoms with Crippen molar-refractivity contribution in [3.63, 3.8) is 0 Å². The normalized spacial score (nSPS) is 10.1. The van der Waals surface area contributed by atoms with E-state index in [4.69, 9.17) is 21.1 Å². The molecule has 0 fully saturated rings. The highest BCUT2D eigenvalue weighted by atomic mass is 35.5. The molecule has 0 aliphatic rings. The zero-order chi connectivity index (χ0) is 12.8. The predicted molar refractivity (Wildman–Crippen MR) is 68.3 cm³/mol. The number of rotatable bonds is 6. The van der Waals surface area contributed by atoms with Gasteiger partial charge in [0.1, 0.15) is 6.29 Å². The number of carbonyl (C=O) groups excluding carboxylic acids is 1. The first-order valence-electron chi connectivity index (χ1n) is 5.55. The molecule has 1 aromatic rings. The minimum Gasteiger partial charge on any atom is -0.493 e. The number of hydrogen-bond donors (Lipinski definition) is 0. The summed E-state index contributed by atoms with van der Waals surface area (Å²) < 4.78 is 10.5. The third kappa shape index (κ3) is 2.91. The SMILES string of the molecule is CCc1c(CCC=O)cc(OC)c(OC)c1Cl. The Balaban J connectivity index is 3.28. The van der Waals surface area contributed by atoms with Crippen molar-refractivity contribution in [1.82, 2.24) is 0 Å². The lowest BCUT2D eigenvalue weighted by atomic mass is 10.00. The van der Waals surface area contributed by atoms with Crippen LogP contribution in [0, 0.1) is 0 Å². The van der Waals surface area contributed by atoms with Crippen LogP contribution in [-0.2, 0) is 17.6 Å². The fourth-order valence-corrected chi connectivity index (χ4v) is 2.28. The highest BCUT2D eigenvalue weighted by Crippen LogP contribution is 2.40. The summed E-state index contributed by atoms with van der Waals surface area (Å²) in [4.78, 5) is 10.5. The number of ether oxygens (including phenoxy) is 2. The van der Waals surface area contributed by atoms with Gasteiger partial charge in [0.25, 0.3) is 0 Å². The van der Waals surface area contributed by atoms with Crippen molar-refractivity contribution in [2.75, 3.05) is 14.2 Å². The molecule has 0 aliphatic heterocycles. The molecular formula is C13H17ClO3. The number of carbonyl (C=O) groups is 1. The van der Waals surface area contributed by atoms with E-state index in [1.165, 1.54) is 0 Å². The number of hydrogen-bond acceptors (Lipinski definition) is 3. The van der Waals surface area contributed by atoms with Gasteiger partial charge in [-0.1, -0.05) is 18.5 Å². The number of halogens is 1. The van der Waals surface area contributed by atoms with Crippen LogP contribution in [0.2, 0.25) is 5.02 Å². The van der Waals surface area contributed by atoms with Crippen molar-refractivity contribution in [3.05, 3.63) is 22.2 Å². The third-order valence-corrected chi connectivity index (χ3v) is 3.09. The molecular weight excluding hydrogens is 240 g/mol. The second-order valence-corrected chi connectivity index (χ2v) is 4.00. The molecule has 1 aromatic carbocycles. The second-order valence-electron chi connectivity index (χ2n) is 3.62. The standard InChI is InChI=1S/C13H17ClO3/c1-4-10-9(6-5-7-15)8-11(16-2)13(17-3)12(10)14/h7-8H,4-6H2,1-3H3. The molecule has 17 heavy (non-hydrogen) atoms. The van der Waals surface area contributed by atoms with Crippen molar-refractivity contribution in [2.45, 2.75) is 26.2 Å². The Morgan fingerprint density at radius 3 is 2.53 bits per heavy atom. The molecule has 0 spiro atoms. The lowest BCUT2D eigenvalue weighted by molar-refractivity contribution is -0.107. The number of methoxy groups -OCH3 is 2. The van der Waals surface area contributed by atoms with Crippen LogP contribution in [-0.4, -0.2) is 20.5 Å². The van der Waals surface area contributed by atoms with Gasteiger partial charge in [-0.3, -0.25) is 0 Å². The molecule has 1 rings (SSSR count). The molecule has 0 saturated heterocycles. The number of aryl methyl sites for hydroxylation is 1. The predicted octanol–water partition coefficient (Wildman–Crippen LogP) is 3.05. The summed E-state index contributed by atoms with van der Waals surface area (Å²) in [7, 11) is 3.14. The minimum atomic E-state index is 0.485. The summed E-state index contributed by atoms with van der Waals surface area (Å²) >= 11 is 6.28. The van der Waals surface area contributed by atoms with Crippen LogP contribution < -0.4 is 9.47 Å². The van der Waals surface area contributed by atoms with E-state index in [2.05, 4.69) is 0 Å². The van der Waals surface area contributed by atoms with E-state index in [0.29, 0.717) is 29.4 Å². The summed E-state index contributed by atoms with van der Waals surface area (Å²) in [6.45, 7) is 2.03. The maximum absolute atomic E-state index is 10.5. The van der Waals surface area contributed by atoms with Gasteiger partial charge >= 0.3 is 0 Å². The highest BCUT2D eigenvalue weighted by Gasteiger charge is 2.16. The van der Waals surface area contributed by atoms with Gasteiger partial charge in [-0.15, -0.1) is 0 Å². The van der Waals surface area contributed by atoms with E-state index in [-0.39, 0.29) is 0 Å². The average Bonchev–Trinajstić information content (AvgIpc) is 2.35. The van der Waals surface area contributed by atoms with Crippen LogP contribution in [0.15, 0.2) is 6.07 Å². The first kappa shape index (κ1) is 13.8. The second kappa shape index (κ2) is 6.50. The van der Waals surface area contributed by atoms with Gasteiger partial charge in [-0.2, -0.15) is 0 Å². The van der Waals surface area contributed by atoms with Crippen molar-refractivity contribution < 1.29 is 14.3 Å². The van der Waals surface area contributed by atoms with E-state index in [9.17, 15) is 4.79 Å². The Morgan fingerprint density at radius 2 is 2.06 bits per heavy atom. The molecule has 0 unspecified atom stereocenters. The average molecular weight is 257 g/mol. The Labute approximate surface area is 107 Å². The van der Waals surface area contributed by atoms with Gasteiger partial charge < -0.3 is 14.3 Å². The van der Waals surface area contributed by atoms with Gasteiger partial charge in [0, 0.05) is 6.42 Å². The van der Waals surface area contributed by atoms with Crippen molar-refractivity contribution in [3.8, 4) is 11.5 Å². The fraction of sp³-hybridized carbons (Fsp3) is 0.462. The van der Waals surface area contributed by atoms with E-state index >= 15 is 0 Å². The van der Waals surface area contributed by atoms with Crippen LogP contribution in [0.4, 0.5) is 0 Å². The van der Waals surface area contributed by atoms with Crippen molar-refractivity contribution in [2.24, 2.45) is 0 Å². The lowest BCUT2D eigenvalue weighted by Gasteiger charge is -2.16. The molecule has 3 nitrogen and oxygen atoms in total. The Kier molecular flexibility index (Phi) is 5.29. The molecule has 0 atom stereocenters. The van der Waals surface area contributed by atoms with Gasteiger partial charge in [0.2, 0.25) is 0 Å². The van der Waals surface area contributed by atoms with Crippen LogP contribution >= 0.6 is 11.6 Å². The van der Waals surface area contributed by atoms with Crippen LogP contribution in [0.5, 0.6) is 11.5 Å². The van der Waals surface area contributed by atoms with Gasteiger partial charge in [0.05, 0.1) is 19.2 Å². The lowest BCUT2D eigenvalue weighted by Crippen LogP contribution is -2.00. The summed E-state index contributed by atoms with van der Waals surface area (Å²) in [6.07, 6.45) is 2.86. The van der Waals surface area contributed by atoms with E-state index in [1.54, 1.807) is 14.2 Å². The zero-order valence-electron chi connectivity index (χ0n) is 10.4. The molecule has 0 radical (unpaired) electrons. The molecule has 0 N–H and O–H groups in total. The van der Waals surface area contributed by atoms with Crippen LogP contribution in [0.1, 0.15) is 24.5 Å². The summed E-state index contributed by atoms with van der Waals surface area (Å²) in [6, 6.07) is 1.90. The molecule has 0 heterocycles. The Bertz CT molecular complexity index is 402. The quantitative estimate of drug-likeness (QED) is 0.734. The molecule has 0 amide bonds. The topological polar surface area (TPSA) is 35.5 Å². The largest absolute Gasteiger partial charge is 0.493 e. The monoisotopic (exact) mass is 256 g/mol. The Hall–Kier alpha value is -1.22. The molecule has 0 aliphatic carbocycles. The number of aldehydes is 1. The molecule has 94 valence electrons. The van der Waals surface area contributed by atoms with Gasteiger partial charge in [0.15, 0.2) is 11.5 Å². The highest BCUT2D eigenvalue weighted by molar-refractivity contribution is 6.33. The Morgan fingerprint density at radius 1 is 1.35 bits per heavy atom. The molecule has 0 bridgehead atoms. The van der Waals surface area contributed by atoms with Gasteiger partial charge in [-0.05, 0) is 30.0 Å². The minimum absolute atomic E-state index is 0.485. The van der Waals surface area contributed by atoms with E-state index in [1.807, 2.05) is 13.0 Å². The summed E-state index contributed by atoms with van der Waals surface area (Å²) in [5, 5.41) is 0.579. The van der Waals surface area contributed by atoms with Crippen molar-refractivity contribution >= 4 is 17.9 Å². The first-order valence-corrected chi connectivity index (χ1v) is 5.93. The number of benzene rings is 1. The van der Waals surface area contributed by atoms with E-state index < -0.39 is 0 Å². The smallest absolute Gasteiger partial charge is 0.179 e. The molecule has 4 heteroatoms. The summed E-state index contributed by atoms with van der Waals surface area (Å²) in [5.74, 6) is 1.16. The molecule has 0 aromatic heterocycles. The zero-order valence-corrected chi connectivity index (χ0v) is 11.1. The van der Waals surface area contributed by atoms with Crippen LogP contribution in [0.25, 0.3) is 0 Å². The maximum atomic E-state index is 10.5. The first-order chi connectivity index (χ1) is 8.19. The fourth-order valence-electron chi connectivity index (χ4n) is 1.86. The van der Waals surface area contributed by atoms with E-state index in [0.717, 1.165) is 23.8 Å². The van der Waals surface area contributed by atoms with Crippen LogP contribution in [0.3, 0.4) is 0 Å². The molecule has 0 saturated carbocycles. The van der Waals surface area contributed by atoms with Crippen molar-refractivity contribution in [1.29, 1.82) is 0 Å². The third-order valence-electron chi connectivity index (χ3n) is 2.69. The van der Waals surface area contributed by atoms with Gasteiger partial charge in [-0.25, -0.2) is 0 Å². The maximum Gasteiger partial charge on any atom is 0.179 e. The summed E-state index contributed by atoms with van der Waals surface area (Å²) in [5.41, 5.74) is 2.06.